The number of nitrogens with zero attached hydrogens (tertiary/aromatic N) is 1. The van der Waals surface area contributed by atoms with Gasteiger partial charge in [-0.25, -0.2) is 0 Å². The van der Waals surface area contributed by atoms with E-state index in [1.165, 1.54) is 12.1 Å². The number of nitrogens with one attached hydrogen (secondary N) is 2. The van der Waals surface area contributed by atoms with Gasteiger partial charge in [-0.2, -0.15) is 0 Å². The van der Waals surface area contributed by atoms with Gasteiger partial charge in [-0.15, -0.1) is 0 Å². The predicted molar refractivity (Wildman–Crippen MR) is 87.0 cm³/mol. The molecule has 0 aromatic heterocycles. The first-order valence-corrected chi connectivity index (χ1v) is 7.00. The van der Waals surface area contributed by atoms with Crippen molar-refractivity contribution in [2.45, 2.75) is 6.92 Å². The van der Waals surface area contributed by atoms with Crippen molar-refractivity contribution in [2.75, 3.05) is 17.2 Å². The summed E-state index contributed by atoms with van der Waals surface area (Å²) >= 11 is 11.8. The number of hydrogen-bond donors (Lipinski definition) is 2. The molecule has 21 heavy (non-hydrogen) atoms. The molecule has 0 heterocycles. The van der Waals surface area contributed by atoms with Crippen molar-refractivity contribution in [3.05, 3.63) is 56.6 Å². The molecule has 0 amide bonds. The first kappa shape index (κ1) is 15.4. The van der Waals surface area contributed by atoms with Gasteiger partial charge in [0.2, 0.25) is 0 Å². The van der Waals surface area contributed by atoms with Crippen LogP contribution in [0.3, 0.4) is 0 Å². The minimum atomic E-state index is -0.430. The van der Waals surface area contributed by atoms with Crippen LogP contribution in [-0.2, 0) is 0 Å². The van der Waals surface area contributed by atoms with Crippen molar-refractivity contribution in [1.82, 2.24) is 0 Å². The molecule has 0 saturated carbocycles. The molecular weight excluding hydrogens is 313 g/mol. The Balaban J connectivity index is 2.33. The minimum Gasteiger partial charge on any atom is -0.385 e. The second-order valence-corrected chi connectivity index (χ2v) is 5.12. The highest BCUT2D eigenvalue weighted by molar-refractivity contribution is 6.42. The van der Waals surface area contributed by atoms with Crippen LogP contribution in [0.15, 0.2) is 36.4 Å². The Morgan fingerprint density at radius 3 is 2.38 bits per heavy atom. The van der Waals surface area contributed by atoms with Crippen LogP contribution >= 0.6 is 23.2 Å². The summed E-state index contributed by atoms with van der Waals surface area (Å²) in [7, 11) is 0. The average molecular weight is 326 g/mol. The highest BCUT2D eigenvalue weighted by atomic mass is 35.5. The molecule has 0 aliphatic heterocycles. The molecule has 110 valence electrons. The number of rotatable bonds is 5. The monoisotopic (exact) mass is 325 g/mol. The fraction of sp³-hybridized carbons (Fsp3) is 0.143. The maximum atomic E-state index is 11.0. The molecule has 0 radical (unpaired) electrons. The number of anilines is 3. The number of non-ortho nitro benzene ring substituents is 1. The zero-order chi connectivity index (χ0) is 15.4. The molecule has 2 aromatic rings. The number of nitro groups is 1. The third-order valence-electron chi connectivity index (χ3n) is 2.72. The van der Waals surface area contributed by atoms with Crippen LogP contribution in [0, 0.1) is 10.1 Å². The zero-order valence-electron chi connectivity index (χ0n) is 11.2. The lowest BCUT2D eigenvalue weighted by atomic mass is 10.2. The quantitative estimate of drug-likeness (QED) is 0.594. The Bertz CT molecular complexity index is 677. The molecule has 0 unspecified atom stereocenters. The summed E-state index contributed by atoms with van der Waals surface area (Å²) in [6.07, 6.45) is 0. The summed E-state index contributed by atoms with van der Waals surface area (Å²) in [4.78, 5) is 10.5. The van der Waals surface area contributed by atoms with E-state index in [0.29, 0.717) is 33.7 Å². The minimum absolute atomic E-state index is 0.0102. The van der Waals surface area contributed by atoms with Crippen LogP contribution < -0.4 is 10.6 Å². The van der Waals surface area contributed by atoms with E-state index in [4.69, 9.17) is 23.2 Å². The van der Waals surface area contributed by atoms with Crippen molar-refractivity contribution >= 4 is 46.0 Å². The van der Waals surface area contributed by atoms with E-state index in [-0.39, 0.29) is 5.69 Å². The summed E-state index contributed by atoms with van der Waals surface area (Å²) in [6.45, 7) is 2.60. The fourth-order valence-corrected chi connectivity index (χ4v) is 2.13. The van der Waals surface area contributed by atoms with Crippen LogP contribution in [0.25, 0.3) is 0 Å². The topological polar surface area (TPSA) is 67.2 Å². The molecule has 2 aromatic carbocycles. The van der Waals surface area contributed by atoms with E-state index in [1.807, 2.05) is 6.92 Å². The predicted octanol–water partition coefficient (Wildman–Crippen LogP) is 5.08. The highest BCUT2D eigenvalue weighted by Crippen LogP contribution is 2.30. The zero-order valence-corrected chi connectivity index (χ0v) is 12.7. The van der Waals surface area contributed by atoms with E-state index in [2.05, 4.69) is 10.6 Å². The van der Waals surface area contributed by atoms with Crippen molar-refractivity contribution < 1.29 is 4.92 Å². The average Bonchev–Trinajstić information content (AvgIpc) is 2.43. The number of halogens is 2. The Kier molecular flexibility index (Phi) is 4.88. The van der Waals surface area contributed by atoms with E-state index in [1.54, 1.807) is 24.3 Å². The summed E-state index contributed by atoms with van der Waals surface area (Å²) in [5.41, 5.74) is 1.98. The van der Waals surface area contributed by atoms with Gasteiger partial charge in [0.05, 0.1) is 15.0 Å². The first-order chi connectivity index (χ1) is 9.99. The lowest BCUT2D eigenvalue weighted by molar-refractivity contribution is -0.384. The molecule has 0 fully saturated rings. The maximum absolute atomic E-state index is 11.0. The number of hydrogen-bond acceptors (Lipinski definition) is 4. The van der Waals surface area contributed by atoms with E-state index < -0.39 is 4.92 Å². The molecule has 0 bridgehead atoms. The lowest BCUT2D eigenvalue weighted by Gasteiger charge is -2.10. The van der Waals surface area contributed by atoms with Gasteiger partial charge in [0.25, 0.3) is 5.69 Å². The second kappa shape index (κ2) is 6.65. The van der Waals surface area contributed by atoms with Gasteiger partial charge < -0.3 is 10.6 Å². The van der Waals surface area contributed by atoms with Crippen molar-refractivity contribution in [2.24, 2.45) is 0 Å². The van der Waals surface area contributed by atoms with Crippen LogP contribution in [0.4, 0.5) is 22.7 Å². The third-order valence-corrected chi connectivity index (χ3v) is 3.46. The standard InChI is InChI=1S/C14H13Cl2N3O2/c1-2-17-10-5-11(7-12(6-10)19(20)21)18-9-3-4-13(15)14(16)8-9/h3-8,17-18H,2H2,1H3. The van der Waals surface area contributed by atoms with E-state index in [0.717, 1.165) is 0 Å². The Morgan fingerprint density at radius 2 is 1.76 bits per heavy atom. The molecule has 2 N–H and O–H groups in total. The molecule has 0 atom stereocenters. The Hall–Kier alpha value is -1.98. The molecule has 0 saturated heterocycles. The normalized spacial score (nSPS) is 10.2. The van der Waals surface area contributed by atoms with Gasteiger partial charge in [-0.3, -0.25) is 10.1 Å². The summed E-state index contributed by atoms with van der Waals surface area (Å²) in [5.74, 6) is 0. The molecule has 0 aliphatic rings. The fourth-order valence-electron chi connectivity index (χ4n) is 1.84. The van der Waals surface area contributed by atoms with Gasteiger partial charge >= 0.3 is 0 Å². The smallest absolute Gasteiger partial charge is 0.273 e. The van der Waals surface area contributed by atoms with Crippen molar-refractivity contribution in [3.63, 3.8) is 0 Å². The number of nitro benzene ring substituents is 1. The van der Waals surface area contributed by atoms with E-state index in [9.17, 15) is 10.1 Å². The Labute approximate surface area is 132 Å². The largest absolute Gasteiger partial charge is 0.385 e. The first-order valence-electron chi connectivity index (χ1n) is 6.25. The van der Waals surface area contributed by atoms with Crippen LogP contribution in [0.2, 0.25) is 10.0 Å². The van der Waals surface area contributed by atoms with Gasteiger partial charge in [0.15, 0.2) is 0 Å². The molecule has 7 heteroatoms. The van der Waals surface area contributed by atoms with Crippen molar-refractivity contribution in [1.29, 1.82) is 0 Å². The van der Waals surface area contributed by atoms with Gasteiger partial charge in [0, 0.05) is 35.7 Å². The molecule has 0 aliphatic carbocycles. The van der Waals surface area contributed by atoms with Gasteiger partial charge in [0.1, 0.15) is 0 Å². The summed E-state index contributed by atoms with van der Waals surface area (Å²) < 4.78 is 0. The van der Waals surface area contributed by atoms with Crippen LogP contribution in [0.5, 0.6) is 0 Å². The molecular formula is C14H13Cl2N3O2. The van der Waals surface area contributed by atoms with Gasteiger partial charge in [-0.05, 0) is 31.2 Å². The van der Waals surface area contributed by atoms with Crippen molar-refractivity contribution in [3.8, 4) is 0 Å². The molecule has 0 spiro atoms. The highest BCUT2D eigenvalue weighted by Gasteiger charge is 2.10. The van der Waals surface area contributed by atoms with E-state index >= 15 is 0 Å². The maximum Gasteiger partial charge on any atom is 0.273 e. The van der Waals surface area contributed by atoms with Crippen LogP contribution in [-0.4, -0.2) is 11.5 Å². The Morgan fingerprint density at radius 1 is 1.05 bits per heavy atom. The number of benzene rings is 2. The van der Waals surface area contributed by atoms with Crippen LogP contribution in [0.1, 0.15) is 6.92 Å². The SMILES string of the molecule is CCNc1cc(Nc2ccc(Cl)c(Cl)c2)cc([N+](=O)[O-])c1. The van der Waals surface area contributed by atoms with Gasteiger partial charge in [-0.1, -0.05) is 23.2 Å². The lowest BCUT2D eigenvalue weighted by Crippen LogP contribution is -2.00. The second-order valence-electron chi connectivity index (χ2n) is 4.31. The summed E-state index contributed by atoms with van der Waals surface area (Å²) in [5, 5.41) is 18.0. The summed E-state index contributed by atoms with van der Waals surface area (Å²) in [6, 6.07) is 9.82. The third kappa shape index (κ3) is 4.00. The molecule has 2 rings (SSSR count). The molecule has 5 nitrogen and oxygen atoms in total.